The average Bonchev–Trinajstić information content (AvgIpc) is 2.99. The van der Waals surface area contributed by atoms with Gasteiger partial charge in [-0.05, 0) is 145 Å². The molecule has 4 N–H and O–H groups in total. The second kappa shape index (κ2) is 11.1. The number of benzene rings is 1. The Labute approximate surface area is 271 Å². The van der Waals surface area contributed by atoms with E-state index in [0.29, 0.717) is 36.2 Å². The van der Waals surface area contributed by atoms with Crippen molar-refractivity contribution in [3.05, 3.63) is 23.8 Å². The molecule has 6 nitrogen and oxygen atoms in total. The average molecular weight is 625 g/mol. The number of carbonyl (C=O) groups excluding carboxylic acids is 1. The number of aryl methyl sites for hydroxylation is 1. The van der Waals surface area contributed by atoms with Crippen LogP contribution in [0.25, 0.3) is 0 Å². The molecule has 0 spiro atoms. The predicted molar refractivity (Wildman–Crippen MR) is 176 cm³/mol. The Kier molecular flexibility index (Phi) is 8.20. The maximum Gasteiger partial charge on any atom is 0.306 e. The summed E-state index contributed by atoms with van der Waals surface area (Å²) in [7, 11) is 0. The molecule has 1 aromatic rings. The van der Waals surface area contributed by atoms with Gasteiger partial charge in [-0.15, -0.1) is 0 Å². The Morgan fingerprint density at radius 1 is 0.822 bits per heavy atom. The zero-order chi connectivity index (χ0) is 32.6. The fourth-order valence-corrected chi connectivity index (χ4v) is 12.7. The van der Waals surface area contributed by atoms with Crippen LogP contribution in [0.1, 0.15) is 124 Å². The van der Waals surface area contributed by atoms with Crippen LogP contribution < -0.4 is 0 Å². The maximum absolute atomic E-state index is 13.0. The van der Waals surface area contributed by atoms with Crippen LogP contribution in [0.4, 0.5) is 0 Å². The van der Waals surface area contributed by atoms with Gasteiger partial charge >= 0.3 is 5.97 Å². The van der Waals surface area contributed by atoms with E-state index < -0.39 is 11.5 Å². The second-order valence-corrected chi connectivity index (χ2v) is 18.2. The Morgan fingerprint density at radius 2 is 1.56 bits per heavy atom. The molecule has 1 aromatic carbocycles. The van der Waals surface area contributed by atoms with Gasteiger partial charge in [0.15, 0.2) is 11.5 Å². The van der Waals surface area contributed by atoms with Crippen LogP contribution in [0.3, 0.4) is 0 Å². The number of esters is 1. The molecule has 252 valence electrons. The van der Waals surface area contributed by atoms with Crippen molar-refractivity contribution in [2.24, 2.45) is 56.2 Å². The van der Waals surface area contributed by atoms with Gasteiger partial charge in [0.2, 0.25) is 0 Å². The zero-order valence-corrected chi connectivity index (χ0v) is 28.8. The molecule has 5 aliphatic rings. The highest BCUT2D eigenvalue weighted by Gasteiger charge is 2.70. The first-order valence-electron chi connectivity index (χ1n) is 18.0. The number of phenols is 2. The highest BCUT2D eigenvalue weighted by atomic mass is 16.5. The Morgan fingerprint density at radius 3 is 2.27 bits per heavy atom. The number of fused-ring (bicyclic) bond motifs is 7. The predicted octanol–water partition coefficient (Wildman–Crippen LogP) is 7.79. The summed E-state index contributed by atoms with van der Waals surface area (Å²) in [5.74, 6) is 1.44. The van der Waals surface area contributed by atoms with Crippen molar-refractivity contribution < 1.29 is 30.0 Å². The van der Waals surface area contributed by atoms with Gasteiger partial charge in [0.25, 0.3) is 0 Å². The van der Waals surface area contributed by atoms with Crippen molar-refractivity contribution in [2.45, 2.75) is 131 Å². The second-order valence-electron chi connectivity index (χ2n) is 18.2. The highest BCUT2D eigenvalue weighted by Crippen LogP contribution is 2.77. The van der Waals surface area contributed by atoms with Crippen LogP contribution >= 0.6 is 0 Å². The van der Waals surface area contributed by atoms with Crippen molar-refractivity contribution in [1.82, 2.24) is 0 Å². The largest absolute Gasteiger partial charge is 0.504 e. The molecule has 10 atom stereocenters. The lowest BCUT2D eigenvalue weighted by molar-refractivity contribution is -0.263. The van der Waals surface area contributed by atoms with Crippen LogP contribution in [-0.2, 0) is 16.0 Å². The van der Waals surface area contributed by atoms with Gasteiger partial charge in [0, 0.05) is 18.4 Å². The summed E-state index contributed by atoms with van der Waals surface area (Å²) in [4.78, 5) is 13.0. The van der Waals surface area contributed by atoms with E-state index in [2.05, 4.69) is 41.5 Å². The third-order valence-electron chi connectivity index (χ3n) is 15.7. The van der Waals surface area contributed by atoms with Crippen LogP contribution in [0, 0.1) is 56.2 Å². The normalized spacial score (nSPS) is 45.4. The van der Waals surface area contributed by atoms with Crippen molar-refractivity contribution >= 4 is 5.97 Å². The summed E-state index contributed by atoms with van der Waals surface area (Å²) >= 11 is 0. The van der Waals surface area contributed by atoms with E-state index in [4.69, 9.17) is 4.74 Å². The van der Waals surface area contributed by atoms with E-state index in [1.807, 2.05) is 0 Å². The minimum Gasteiger partial charge on any atom is -0.504 e. The van der Waals surface area contributed by atoms with E-state index >= 15 is 0 Å². The molecule has 6 heteroatoms. The van der Waals surface area contributed by atoms with E-state index in [9.17, 15) is 25.2 Å². The summed E-state index contributed by atoms with van der Waals surface area (Å²) in [6.07, 6.45) is 12.5. The maximum atomic E-state index is 13.0. The number of rotatable bonds is 6. The van der Waals surface area contributed by atoms with Crippen LogP contribution in [-0.4, -0.2) is 45.7 Å². The smallest absolute Gasteiger partial charge is 0.306 e. The molecule has 0 bridgehead atoms. The first kappa shape index (κ1) is 33.1. The number of ether oxygens (including phenoxy) is 1. The van der Waals surface area contributed by atoms with Crippen LogP contribution in [0.15, 0.2) is 18.2 Å². The van der Waals surface area contributed by atoms with Crippen molar-refractivity contribution in [3.63, 3.8) is 0 Å². The summed E-state index contributed by atoms with van der Waals surface area (Å²) in [6, 6.07) is 4.63. The fraction of sp³-hybridized carbons (Fsp3) is 0.821. The molecule has 0 aromatic heterocycles. The minimum atomic E-state index is -0.502. The number of hydrogen-bond donors (Lipinski definition) is 4. The van der Waals surface area contributed by atoms with Gasteiger partial charge in [0.05, 0.1) is 12.7 Å². The van der Waals surface area contributed by atoms with Crippen molar-refractivity contribution in [3.8, 4) is 11.5 Å². The number of phenolic OH excluding ortho intramolecular Hbond substituents is 2. The molecule has 0 aliphatic heterocycles. The standard InChI is InChI=1S/C39H60O6/c1-34(2)17-19-39(23-40)20-18-37(5)26(27(39)22-34)9-11-31-35(3)15-14-32(43)36(4,30(35)13-16-38(31,37)6)24-45-33(44)12-8-25-7-10-28(41)29(42)21-25/h7,10,21,26-27,30-32,40-43H,8-9,11-20,22-24H2,1-6H3. The first-order valence-corrected chi connectivity index (χ1v) is 18.0. The summed E-state index contributed by atoms with van der Waals surface area (Å²) in [5.41, 5.74) is 1.23. The topological polar surface area (TPSA) is 107 Å². The van der Waals surface area contributed by atoms with E-state index in [1.54, 1.807) is 6.07 Å². The van der Waals surface area contributed by atoms with Gasteiger partial charge in [-0.1, -0.05) is 47.6 Å². The molecule has 45 heavy (non-hydrogen) atoms. The van der Waals surface area contributed by atoms with Crippen LogP contribution in [0.2, 0.25) is 0 Å². The molecule has 0 amide bonds. The monoisotopic (exact) mass is 624 g/mol. The van der Waals surface area contributed by atoms with Crippen molar-refractivity contribution in [2.75, 3.05) is 13.2 Å². The van der Waals surface area contributed by atoms with Gasteiger partial charge in [-0.3, -0.25) is 4.79 Å². The lowest BCUT2D eigenvalue weighted by Crippen LogP contribution is -2.68. The molecule has 6 rings (SSSR count). The highest BCUT2D eigenvalue weighted by molar-refractivity contribution is 5.69. The molecule has 5 saturated carbocycles. The third-order valence-corrected chi connectivity index (χ3v) is 15.7. The lowest BCUT2D eigenvalue weighted by Gasteiger charge is -2.73. The number of hydrogen-bond acceptors (Lipinski definition) is 6. The summed E-state index contributed by atoms with van der Waals surface area (Å²) in [5, 5.41) is 41.7. The fourth-order valence-electron chi connectivity index (χ4n) is 12.7. The van der Waals surface area contributed by atoms with Gasteiger partial charge in [-0.25, -0.2) is 0 Å². The van der Waals surface area contributed by atoms with Crippen molar-refractivity contribution in [1.29, 1.82) is 0 Å². The SMILES string of the molecule is CC1(C)CCC2(CO)CCC3(C)C(CCC4C5(C)CCC(O)C(C)(COC(=O)CCc6ccc(O)c(O)c6)C5CCC43C)C2C1. The van der Waals surface area contributed by atoms with Gasteiger partial charge in [-0.2, -0.15) is 0 Å². The minimum absolute atomic E-state index is 0.0717. The van der Waals surface area contributed by atoms with E-state index in [0.717, 1.165) is 37.7 Å². The summed E-state index contributed by atoms with van der Waals surface area (Å²) in [6.45, 7) is 15.4. The number of aliphatic hydroxyl groups excluding tert-OH is 2. The van der Waals surface area contributed by atoms with Gasteiger partial charge < -0.3 is 25.2 Å². The van der Waals surface area contributed by atoms with Gasteiger partial charge in [0.1, 0.15) is 0 Å². The Balaban J connectivity index is 1.20. The Bertz CT molecular complexity index is 1290. The third kappa shape index (κ3) is 5.05. The zero-order valence-electron chi connectivity index (χ0n) is 28.8. The molecular formula is C39H60O6. The molecule has 5 fully saturated rings. The van der Waals surface area contributed by atoms with E-state index in [-0.39, 0.29) is 58.1 Å². The molecule has 0 radical (unpaired) electrons. The van der Waals surface area contributed by atoms with E-state index in [1.165, 1.54) is 50.7 Å². The number of carbonyl (C=O) groups is 1. The number of aromatic hydroxyl groups is 2. The molecule has 0 heterocycles. The quantitative estimate of drug-likeness (QED) is 0.190. The lowest BCUT2D eigenvalue weighted by atomic mass is 9.31. The molecular weight excluding hydrogens is 564 g/mol. The Hall–Kier alpha value is -1.79. The molecule has 5 aliphatic carbocycles. The summed E-state index contributed by atoms with van der Waals surface area (Å²) < 4.78 is 5.96. The first-order chi connectivity index (χ1) is 21.0. The van der Waals surface area contributed by atoms with Crippen LogP contribution in [0.5, 0.6) is 11.5 Å². The number of aliphatic hydroxyl groups is 2. The molecule has 10 unspecified atom stereocenters. The molecule has 0 saturated heterocycles.